The van der Waals surface area contributed by atoms with Crippen molar-refractivity contribution in [3.05, 3.63) is 0 Å². The minimum absolute atomic E-state index is 0.160. The molecule has 0 amide bonds. The van der Waals surface area contributed by atoms with Crippen molar-refractivity contribution in [1.29, 1.82) is 0 Å². The highest BCUT2D eigenvalue weighted by atomic mass is 79.9. The number of ether oxygens (including phenoxy) is 2. The fraction of sp³-hybridized carbons (Fsp3) is 1.00. The lowest BCUT2D eigenvalue weighted by Crippen LogP contribution is -2.26. The van der Waals surface area contributed by atoms with Crippen LogP contribution in [-0.4, -0.2) is 23.8 Å². The monoisotopic (exact) mass is 234 g/mol. The highest BCUT2D eigenvalue weighted by molar-refractivity contribution is 9.09. The van der Waals surface area contributed by atoms with Gasteiger partial charge in [0.05, 0.1) is 12.7 Å². The smallest absolute Gasteiger partial charge is 0.168 e. The molecule has 0 aromatic rings. The lowest BCUT2D eigenvalue weighted by Gasteiger charge is -2.21. The van der Waals surface area contributed by atoms with Crippen molar-refractivity contribution >= 4 is 15.9 Å². The second-order valence-electron chi connectivity index (χ2n) is 3.65. The fourth-order valence-corrected chi connectivity index (χ4v) is 2.57. The minimum atomic E-state index is -0.160. The molecular formula is C9H15BrO2. The van der Waals surface area contributed by atoms with Crippen molar-refractivity contribution in [1.82, 2.24) is 0 Å². The van der Waals surface area contributed by atoms with Crippen LogP contribution >= 0.6 is 15.9 Å². The van der Waals surface area contributed by atoms with Crippen molar-refractivity contribution in [3.8, 4) is 0 Å². The predicted molar refractivity (Wildman–Crippen MR) is 50.4 cm³/mol. The summed E-state index contributed by atoms with van der Waals surface area (Å²) in [4.78, 5) is 0. The molecule has 70 valence electrons. The first-order valence-corrected chi connectivity index (χ1v) is 5.84. The summed E-state index contributed by atoms with van der Waals surface area (Å²) < 4.78 is 11.6. The van der Waals surface area contributed by atoms with Crippen LogP contribution in [0.2, 0.25) is 0 Å². The van der Waals surface area contributed by atoms with Crippen LogP contribution in [0.5, 0.6) is 0 Å². The molecule has 0 aromatic carbocycles. The maximum atomic E-state index is 5.90. The van der Waals surface area contributed by atoms with Gasteiger partial charge in [-0.3, -0.25) is 0 Å². The molecule has 3 heteroatoms. The summed E-state index contributed by atoms with van der Waals surface area (Å²) in [5.74, 6) is -0.160. The van der Waals surface area contributed by atoms with Gasteiger partial charge in [0.25, 0.3) is 0 Å². The van der Waals surface area contributed by atoms with Crippen molar-refractivity contribution in [2.24, 2.45) is 0 Å². The molecule has 2 fully saturated rings. The van der Waals surface area contributed by atoms with Gasteiger partial charge in [-0.25, -0.2) is 0 Å². The van der Waals surface area contributed by atoms with E-state index >= 15 is 0 Å². The molecule has 0 radical (unpaired) electrons. The Balaban J connectivity index is 1.88. The average molecular weight is 235 g/mol. The van der Waals surface area contributed by atoms with Crippen LogP contribution in [0.25, 0.3) is 0 Å². The Labute approximate surface area is 81.7 Å². The van der Waals surface area contributed by atoms with Gasteiger partial charge in [0.1, 0.15) is 0 Å². The van der Waals surface area contributed by atoms with E-state index in [2.05, 4.69) is 15.9 Å². The highest BCUT2D eigenvalue weighted by Crippen LogP contribution is 2.39. The number of hydrogen-bond donors (Lipinski definition) is 0. The van der Waals surface area contributed by atoms with Gasteiger partial charge in [-0.15, -0.1) is 0 Å². The van der Waals surface area contributed by atoms with E-state index in [0.717, 1.165) is 31.2 Å². The molecule has 1 unspecified atom stereocenters. The number of alkyl halides is 1. The Bertz CT molecular complexity index is 155. The van der Waals surface area contributed by atoms with Crippen LogP contribution in [-0.2, 0) is 9.47 Å². The lowest BCUT2D eigenvalue weighted by molar-refractivity contribution is -0.161. The SMILES string of the molecule is BrCCC1COC2(CCCC2)O1. The van der Waals surface area contributed by atoms with E-state index in [4.69, 9.17) is 9.47 Å². The molecule has 1 atom stereocenters. The topological polar surface area (TPSA) is 18.5 Å². The molecule has 2 nitrogen and oxygen atoms in total. The second kappa shape index (κ2) is 3.64. The second-order valence-corrected chi connectivity index (χ2v) is 4.44. The Hall–Kier alpha value is 0.400. The van der Waals surface area contributed by atoms with Crippen molar-refractivity contribution in [2.45, 2.75) is 44.0 Å². The fourth-order valence-electron chi connectivity index (χ4n) is 2.06. The molecular weight excluding hydrogens is 220 g/mol. The number of hydrogen-bond acceptors (Lipinski definition) is 2. The van der Waals surface area contributed by atoms with E-state index in [1.165, 1.54) is 12.8 Å². The van der Waals surface area contributed by atoms with Gasteiger partial charge in [-0.05, 0) is 19.3 Å². The summed E-state index contributed by atoms with van der Waals surface area (Å²) in [5.41, 5.74) is 0. The van der Waals surface area contributed by atoms with Gasteiger partial charge in [0.15, 0.2) is 5.79 Å². The van der Waals surface area contributed by atoms with E-state index in [1.807, 2.05) is 0 Å². The molecule has 0 N–H and O–H groups in total. The number of halogens is 1. The quantitative estimate of drug-likeness (QED) is 0.684. The van der Waals surface area contributed by atoms with Gasteiger partial charge in [0, 0.05) is 18.2 Å². The van der Waals surface area contributed by atoms with Gasteiger partial charge in [-0.1, -0.05) is 15.9 Å². The zero-order valence-corrected chi connectivity index (χ0v) is 8.81. The van der Waals surface area contributed by atoms with Crippen LogP contribution in [0.1, 0.15) is 32.1 Å². The van der Waals surface area contributed by atoms with Gasteiger partial charge < -0.3 is 9.47 Å². The normalized spacial score (nSPS) is 33.2. The van der Waals surface area contributed by atoms with Crippen molar-refractivity contribution < 1.29 is 9.47 Å². The Morgan fingerprint density at radius 3 is 2.75 bits per heavy atom. The van der Waals surface area contributed by atoms with Crippen LogP contribution in [0, 0.1) is 0 Å². The Morgan fingerprint density at radius 1 is 1.33 bits per heavy atom. The van der Waals surface area contributed by atoms with Crippen LogP contribution in [0.3, 0.4) is 0 Å². The van der Waals surface area contributed by atoms with Crippen molar-refractivity contribution in [2.75, 3.05) is 11.9 Å². The van der Waals surface area contributed by atoms with Crippen LogP contribution in [0.15, 0.2) is 0 Å². The molecule has 1 saturated heterocycles. The van der Waals surface area contributed by atoms with Gasteiger partial charge in [-0.2, -0.15) is 0 Å². The van der Waals surface area contributed by atoms with Gasteiger partial charge in [0.2, 0.25) is 0 Å². The summed E-state index contributed by atoms with van der Waals surface area (Å²) in [6.07, 6.45) is 6.14. The first-order chi connectivity index (χ1) is 5.85. The first kappa shape index (κ1) is 8.97. The molecule has 1 aliphatic carbocycles. The third-order valence-corrected chi connectivity index (χ3v) is 3.17. The summed E-state index contributed by atoms with van der Waals surface area (Å²) in [7, 11) is 0. The molecule has 12 heavy (non-hydrogen) atoms. The van der Waals surface area contributed by atoms with E-state index in [-0.39, 0.29) is 5.79 Å². The molecule has 1 heterocycles. The summed E-state index contributed by atoms with van der Waals surface area (Å²) >= 11 is 3.42. The van der Waals surface area contributed by atoms with E-state index in [0.29, 0.717) is 6.10 Å². The Morgan fingerprint density at radius 2 is 2.08 bits per heavy atom. The average Bonchev–Trinajstić information content (AvgIpc) is 2.65. The first-order valence-electron chi connectivity index (χ1n) is 4.72. The van der Waals surface area contributed by atoms with E-state index in [9.17, 15) is 0 Å². The Kier molecular flexibility index (Phi) is 2.72. The zero-order chi connectivity index (χ0) is 8.44. The van der Waals surface area contributed by atoms with Crippen molar-refractivity contribution in [3.63, 3.8) is 0 Å². The van der Waals surface area contributed by atoms with Crippen LogP contribution < -0.4 is 0 Å². The summed E-state index contributed by atoms with van der Waals surface area (Å²) in [6, 6.07) is 0. The molecule has 2 aliphatic rings. The third-order valence-electron chi connectivity index (χ3n) is 2.71. The predicted octanol–water partition coefficient (Wildman–Crippen LogP) is 2.46. The highest BCUT2D eigenvalue weighted by Gasteiger charge is 2.43. The molecule has 1 saturated carbocycles. The van der Waals surface area contributed by atoms with E-state index in [1.54, 1.807) is 0 Å². The van der Waals surface area contributed by atoms with Gasteiger partial charge >= 0.3 is 0 Å². The molecule has 0 bridgehead atoms. The largest absolute Gasteiger partial charge is 0.347 e. The lowest BCUT2D eigenvalue weighted by atomic mass is 10.2. The maximum absolute atomic E-state index is 5.90. The zero-order valence-electron chi connectivity index (χ0n) is 7.22. The minimum Gasteiger partial charge on any atom is -0.347 e. The van der Waals surface area contributed by atoms with Crippen LogP contribution in [0.4, 0.5) is 0 Å². The maximum Gasteiger partial charge on any atom is 0.168 e. The molecule has 2 rings (SSSR count). The molecule has 1 aliphatic heterocycles. The number of rotatable bonds is 2. The van der Waals surface area contributed by atoms with E-state index < -0.39 is 0 Å². The third kappa shape index (κ3) is 1.68. The molecule has 1 spiro atoms. The standard InChI is InChI=1S/C9H15BrO2/c10-6-3-8-7-11-9(12-8)4-1-2-5-9/h8H,1-7H2. The summed E-state index contributed by atoms with van der Waals surface area (Å²) in [5, 5.41) is 1.01. The molecule has 0 aromatic heterocycles. The summed E-state index contributed by atoms with van der Waals surface area (Å²) in [6.45, 7) is 0.797.